The zero-order valence-corrected chi connectivity index (χ0v) is 13.9. The van der Waals surface area contributed by atoms with Crippen LogP contribution in [0.4, 0.5) is 4.79 Å². The third-order valence-corrected chi connectivity index (χ3v) is 3.95. The molecule has 0 fully saturated rings. The summed E-state index contributed by atoms with van der Waals surface area (Å²) >= 11 is 0. The van der Waals surface area contributed by atoms with Crippen LogP contribution >= 0.6 is 0 Å². The summed E-state index contributed by atoms with van der Waals surface area (Å²) in [7, 11) is 0. The molecule has 6 heteroatoms. The zero-order valence-electron chi connectivity index (χ0n) is 13.9. The fraction of sp³-hybridized carbons (Fsp3) is 0.529. The predicted octanol–water partition coefficient (Wildman–Crippen LogP) is 2.28. The molecule has 0 saturated heterocycles. The lowest BCUT2D eigenvalue weighted by Crippen LogP contribution is -2.52. The van der Waals surface area contributed by atoms with Gasteiger partial charge in [0.2, 0.25) is 0 Å². The molecule has 1 heterocycles. The number of aliphatic hydroxyl groups is 1. The number of hydrogen-bond donors (Lipinski definition) is 3. The second-order valence-corrected chi connectivity index (χ2v) is 6.13. The monoisotopic (exact) mass is 318 g/mol. The van der Waals surface area contributed by atoms with Gasteiger partial charge in [-0.2, -0.15) is 0 Å². The first-order chi connectivity index (χ1) is 11.1. The second-order valence-electron chi connectivity index (χ2n) is 6.13. The highest BCUT2D eigenvalue weighted by atomic mass is 16.3. The third-order valence-electron chi connectivity index (χ3n) is 3.95. The second kappa shape index (κ2) is 7.97. The summed E-state index contributed by atoms with van der Waals surface area (Å²) < 4.78 is 2.09. The number of imidazole rings is 1. The molecule has 1 unspecified atom stereocenters. The van der Waals surface area contributed by atoms with E-state index in [1.807, 2.05) is 44.4 Å². The summed E-state index contributed by atoms with van der Waals surface area (Å²) in [6.07, 6.45) is 4.30. The maximum Gasteiger partial charge on any atom is 0.315 e. The number of aliphatic hydroxyl groups excluding tert-OH is 1. The molecule has 0 radical (unpaired) electrons. The number of nitrogens with zero attached hydrogens (tertiary/aromatic N) is 2. The van der Waals surface area contributed by atoms with Crippen molar-refractivity contribution in [1.29, 1.82) is 0 Å². The number of benzene rings is 1. The van der Waals surface area contributed by atoms with Gasteiger partial charge in [-0.05, 0) is 31.9 Å². The molecule has 1 aromatic heterocycles. The lowest BCUT2D eigenvalue weighted by molar-refractivity contribution is 0.163. The van der Waals surface area contributed by atoms with E-state index in [1.54, 1.807) is 0 Å². The fourth-order valence-electron chi connectivity index (χ4n) is 2.69. The van der Waals surface area contributed by atoms with Gasteiger partial charge in [0.15, 0.2) is 0 Å². The minimum atomic E-state index is -0.556. The predicted molar refractivity (Wildman–Crippen MR) is 91.3 cm³/mol. The van der Waals surface area contributed by atoms with Gasteiger partial charge in [0, 0.05) is 13.1 Å². The van der Waals surface area contributed by atoms with E-state index in [4.69, 9.17) is 0 Å². The number of carbonyl (C=O) groups is 1. The maximum absolute atomic E-state index is 11.9. The van der Waals surface area contributed by atoms with Crippen molar-refractivity contribution in [3.63, 3.8) is 0 Å². The van der Waals surface area contributed by atoms with E-state index in [-0.39, 0.29) is 12.6 Å². The largest absolute Gasteiger partial charge is 0.394 e. The number of urea groups is 1. The summed E-state index contributed by atoms with van der Waals surface area (Å²) in [6.45, 7) is 5.20. The summed E-state index contributed by atoms with van der Waals surface area (Å²) in [5.41, 5.74) is 1.53. The first-order valence-corrected chi connectivity index (χ1v) is 8.15. The lowest BCUT2D eigenvalue weighted by Gasteiger charge is -2.28. The zero-order chi connectivity index (χ0) is 16.7. The molecule has 0 spiro atoms. The van der Waals surface area contributed by atoms with Crippen molar-refractivity contribution in [2.24, 2.45) is 0 Å². The Morgan fingerprint density at radius 2 is 2.17 bits per heavy atom. The molecular weight excluding hydrogens is 292 g/mol. The quantitative estimate of drug-likeness (QED) is 0.653. The minimum Gasteiger partial charge on any atom is -0.394 e. The number of aromatic nitrogens is 2. The molecular formula is C17H26N4O2. The summed E-state index contributed by atoms with van der Waals surface area (Å²) in [6, 6.07) is 7.77. The van der Waals surface area contributed by atoms with Crippen molar-refractivity contribution in [1.82, 2.24) is 20.2 Å². The Hall–Kier alpha value is -2.08. The number of aryl methyl sites for hydroxylation is 1. The van der Waals surface area contributed by atoms with Crippen LogP contribution in [0.5, 0.6) is 0 Å². The van der Waals surface area contributed by atoms with Gasteiger partial charge in [-0.15, -0.1) is 0 Å². The molecule has 2 amide bonds. The van der Waals surface area contributed by atoms with Crippen molar-refractivity contribution < 1.29 is 9.90 Å². The summed E-state index contributed by atoms with van der Waals surface area (Å²) in [5, 5.41) is 15.1. The van der Waals surface area contributed by atoms with E-state index in [0.29, 0.717) is 6.54 Å². The van der Waals surface area contributed by atoms with Crippen molar-refractivity contribution in [2.45, 2.75) is 45.2 Å². The number of hydrogen-bond acceptors (Lipinski definition) is 3. The van der Waals surface area contributed by atoms with Crippen LogP contribution in [0.1, 0.15) is 33.1 Å². The highest BCUT2D eigenvalue weighted by Crippen LogP contribution is 2.12. The summed E-state index contributed by atoms with van der Waals surface area (Å²) in [5.74, 6) is 0. The van der Waals surface area contributed by atoms with Crippen LogP contribution in [0.15, 0.2) is 30.6 Å². The van der Waals surface area contributed by atoms with Crippen LogP contribution in [0.25, 0.3) is 11.0 Å². The molecule has 2 aromatic rings. The van der Waals surface area contributed by atoms with E-state index in [0.717, 1.165) is 36.8 Å². The van der Waals surface area contributed by atoms with Gasteiger partial charge in [-0.1, -0.05) is 25.5 Å². The molecule has 1 aromatic carbocycles. The van der Waals surface area contributed by atoms with Gasteiger partial charge >= 0.3 is 6.03 Å². The van der Waals surface area contributed by atoms with Crippen LogP contribution in [0, 0.1) is 0 Å². The Morgan fingerprint density at radius 1 is 1.39 bits per heavy atom. The van der Waals surface area contributed by atoms with Gasteiger partial charge in [-0.3, -0.25) is 0 Å². The van der Waals surface area contributed by atoms with Crippen molar-refractivity contribution in [3.8, 4) is 0 Å². The SMILES string of the molecule is CCCC(C)(CO)NC(=O)NCCCn1cnc2ccccc21. The average Bonchev–Trinajstić information content (AvgIpc) is 2.95. The molecule has 0 aliphatic rings. The van der Waals surface area contributed by atoms with Crippen molar-refractivity contribution in [2.75, 3.05) is 13.2 Å². The Balaban J connectivity index is 1.76. The first-order valence-electron chi connectivity index (χ1n) is 8.15. The molecule has 23 heavy (non-hydrogen) atoms. The lowest BCUT2D eigenvalue weighted by atomic mass is 9.98. The molecule has 0 aliphatic carbocycles. The molecule has 126 valence electrons. The summed E-state index contributed by atoms with van der Waals surface area (Å²) in [4.78, 5) is 16.3. The Bertz CT molecular complexity index is 640. The van der Waals surface area contributed by atoms with E-state index >= 15 is 0 Å². The molecule has 3 N–H and O–H groups in total. The maximum atomic E-state index is 11.9. The smallest absolute Gasteiger partial charge is 0.315 e. The number of fused-ring (bicyclic) bond motifs is 1. The Morgan fingerprint density at radius 3 is 2.91 bits per heavy atom. The number of para-hydroxylation sites is 2. The van der Waals surface area contributed by atoms with Gasteiger partial charge in [-0.25, -0.2) is 9.78 Å². The standard InChI is InChI=1S/C17H26N4O2/c1-3-9-17(2,12-22)20-16(23)18-10-6-11-21-13-19-14-7-4-5-8-15(14)21/h4-5,7-8,13,22H,3,6,9-12H2,1-2H3,(H2,18,20,23). The van der Waals surface area contributed by atoms with E-state index in [1.165, 1.54) is 0 Å². The number of carbonyl (C=O) groups excluding carboxylic acids is 1. The van der Waals surface area contributed by atoms with Crippen LogP contribution in [0.3, 0.4) is 0 Å². The Kier molecular flexibility index (Phi) is 5.98. The molecule has 0 aliphatic heterocycles. The normalized spacial score (nSPS) is 13.7. The van der Waals surface area contributed by atoms with Crippen LogP contribution in [0.2, 0.25) is 0 Å². The molecule has 0 bridgehead atoms. The van der Waals surface area contributed by atoms with E-state index < -0.39 is 5.54 Å². The molecule has 2 rings (SSSR count). The van der Waals surface area contributed by atoms with Gasteiger partial charge < -0.3 is 20.3 Å². The first kappa shape index (κ1) is 17.3. The highest BCUT2D eigenvalue weighted by molar-refractivity contribution is 5.75. The van der Waals surface area contributed by atoms with Gasteiger partial charge in [0.25, 0.3) is 0 Å². The van der Waals surface area contributed by atoms with Crippen LogP contribution < -0.4 is 10.6 Å². The number of nitrogens with one attached hydrogen (secondary N) is 2. The van der Waals surface area contributed by atoms with Crippen molar-refractivity contribution >= 4 is 17.1 Å². The van der Waals surface area contributed by atoms with Crippen molar-refractivity contribution in [3.05, 3.63) is 30.6 Å². The number of rotatable bonds is 8. The molecule has 6 nitrogen and oxygen atoms in total. The van der Waals surface area contributed by atoms with E-state index in [2.05, 4.69) is 20.2 Å². The number of amides is 2. The molecule has 0 saturated carbocycles. The van der Waals surface area contributed by atoms with Gasteiger partial charge in [0.05, 0.1) is 29.5 Å². The third kappa shape index (κ3) is 4.69. The fourth-order valence-corrected chi connectivity index (χ4v) is 2.69. The highest BCUT2D eigenvalue weighted by Gasteiger charge is 2.24. The Labute approximate surface area is 136 Å². The van der Waals surface area contributed by atoms with Crippen LogP contribution in [-0.4, -0.2) is 39.4 Å². The average molecular weight is 318 g/mol. The molecule has 1 atom stereocenters. The van der Waals surface area contributed by atoms with Gasteiger partial charge in [0.1, 0.15) is 0 Å². The topological polar surface area (TPSA) is 79.2 Å². The van der Waals surface area contributed by atoms with Crippen LogP contribution in [-0.2, 0) is 6.54 Å². The minimum absolute atomic E-state index is 0.0602. The van der Waals surface area contributed by atoms with E-state index in [9.17, 15) is 9.90 Å².